The van der Waals surface area contributed by atoms with Gasteiger partial charge in [-0.25, -0.2) is 22.9 Å². The van der Waals surface area contributed by atoms with E-state index >= 15 is 0 Å². The van der Waals surface area contributed by atoms with Crippen molar-refractivity contribution in [3.63, 3.8) is 0 Å². The predicted octanol–water partition coefficient (Wildman–Crippen LogP) is 2.13. The second-order valence-corrected chi connectivity index (χ2v) is 7.20. The van der Waals surface area contributed by atoms with Crippen LogP contribution in [0.25, 0.3) is 0 Å². The van der Waals surface area contributed by atoms with Crippen LogP contribution >= 0.6 is 0 Å². The van der Waals surface area contributed by atoms with E-state index < -0.39 is 22.1 Å². The Balaban J connectivity index is 2.05. The van der Waals surface area contributed by atoms with Crippen molar-refractivity contribution in [2.45, 2.75) is 24.8 Å². The summed E-state index contributed by atoms with van der Waals surface area (Å²) in [7, 11) is -2.61. The van der Waals surface area contributed by atoms with E-state index in [-0.39, 0.29) is 22.4 Å². The van der Waals surface area contributed by atoms with Crippen LogP contribution in [0.1, 0.15) is 24.2 Å². The molecule has 10 heteroatoms. The molecule has 1 aromatic heterocycles. The first kappa shape index (κ1) is 20.2. The van der Waals surface area contributed by atoms with E-state index in [1.165, 1.54) is 43.5 Å². The monoisotopic (exact) mass is 394 g/mol. The number of hydrogen-bond donors (Lipinski definition) is 1. The molecule has 0 unspecified atom stereocenters. The van der Waals surface area contributed by atoms with E-state index in [2.05, 4.69) is 4.98 Å². The van der Waals surface area contributed by atoms with Gasteiger partial charge in [-0.15, -0.1) is 0 Å². The third-order valence-electron chi connectivity index (χ3n) is 3.12. The third-order valence-corrected chi connectivity index (χ3v) is 4.46. The summed E-state index contributed by atoms with van der Waals surface area (Å²) in [6, 6.07) is 8.06. The number of aromatic nitrogens is 1. The van der Waals surface area contributed by atoms with Gasteiger partial charge in [0.2, 0.25) is 5.88 Å². The molecule has 0 aliphatic heterocycles. The number of nitrogens with one attached hydrogen (secondary N) is 1. The first-order valence-electron chi connectivity index (χ1n) is 7.77. The lowest BCUT2D eigenvalue weighted by atomic mass is 10.3. The summed E-state index contributed by atoms with van der Waals surface area (Å²) in [5.74, 6) is -0.485. The molecule has 2 rings (SSSR count). The van der Waals surface area contributed by atoms with E-state index in [4.69, 9.17) is 14.2 Å². The third kappa shape index (κ3) is 5.68. The zero-order valence-electron chi connectivity index (χ0n) is 14.8. The second-order valence-electron chi connectivity index (χ2n) is 5.51. The average molecular weight is 394 g/mol. The highest BCUT2D eigenvalue weighted by atomic mass is 32.2. The van der Waals surface area contributed by atoms with Crippen molar-refractivity contribution in [1.29, 1.82) is 0 Å². The van der Waals surface area contributed by atoms with E-state index in [9.17, 15) is 18.0 Å². The minimum absolute atomic E-state index is 0.0309. The van der Waals surface area contributed by atoms with Crippen LogP contribution in [-0.4, -0.2) is 38.7 Å². The number of ether oxygens (including phenoxy) is 3. The molecule has 0 saturated heterocycles. The zero-order valence-corrected chi connectivity index (χ0v) is 15.6. The van der Waals surface area contributed by atoms with Crippen LogP contribution in [0.2, 0.25) is 0 Å². The number of carbonyl (C=O) groups excluding carboxylic acids is 2. The molecule has 144 valence electrons. The van der Waals surface area contributed by atoms with E-state index in [0.29, 0.717) is 5.75 Å². The van der Waals surface area contributed by atoms with Gasteiger partial charge in [-0.3, -0.25) is 4.79 Å². The summed E-state index contributed by atoms with van der Waals surface area (Å²) in [6.07, 6.45) is -0.209. The zero-order chi connectivity index (χ0) is 20.0. The highest BCUT2D eigenvalue weighted by Crippen LogP contribution is 2.16. The van der Waals surface area contributed by atoms with Crippen LogP contribution in [0.15, 0.2) is 47.5 Å². The number of carbonyl (C=O) groups is 2. The van der Waals surface area contributed by atoms with Gasteiger partial charge in [0.15, 0.2) is 0 Å². The fourth-order valence-corrected chi connectivity index (χ4v) is 2.85. The Hall–Kier alpha value is -3.14. The highest BCUT2D eigenvalue weighted by Gasteiger charge is 2.19. The van der Waals surface area contributed by atoms with Crippen molar-refractivity contribution in [3.8, 4) is 11.6 Å². The molecule has 2 aromatic rings. The largest absolute Gasteiger partial charge is 0.515 e. The van der Waals surface area contributed by atoms with Gasteiger partial charge >= 0.3 is 6.16 Å². The molecule has 0 spiro atoms. The second kappa shape index (κ2) is 8.49. The van der Waals surface area contributed by atoms with Crippen LogP contribution in [0.5, 0.6) is 11.6 Å². The highest BCUT2D eigenvalue weighted by molar-refractivity contribution is 7.90. The van der Waals surface area contributed by atoms with Crippen molar-refractivity contribution in [2.75, 3.05) is 7.11 Å². The van der Waals surface area contributed by atoms with Crippen molar-refractivity contribution in [1.82, 2.24) is 9.71 Å². The Labute approximate surface area is 156 Å². The minimum atomic E-state index is -4.06. The number of nitrogens with zero attached hydrogens (tertiary/aromatic N) is 1. The lowest BCUT2D eigenvalue weighted by Crippen LogP contribution is -2.30. The Morgan fingerprint density at radius 2 is 1.74 bits per heavy atom. The van der Waals surface area contributed by atoms with Crippen LogP contribution in [0.3, 0.4) is 0 Å². The van der Waals surface area contributed by atoms with Crippen LogP contribution < -0.4 is 14.2 Å². The quantitative estimate of drug-likeness (QED) is 0.740. The Kier molecular flexibility index (Phi) is 6.35. The first-order valence-corrected chi connectivity index (χ1v) is 9.25. The van der Waals surface area contributed by atoms with Gasteiger partial charge in [-0.2, -0.15) is 0 Å². The molecule has 0 aliphatic rings. The molecule has 27 heavy (non-hydrogen) atoms. The maximum Gasteiger partial charge on any atom is 0.515 e. The van der Waals surface area contributed by atoms with Gasteiger partial charge in [-0.1, -0.05) is 0 Å². The van der Waals surface area contributed by atoms with Gasteiger partial charge in [0.1, 0.15) is 5.75 Å². The molecule has 0 atom stereocenters. The average Bonchev–Trinajstić information content (AvgIpc) is 2.61. The first-order chi connectivity index (χ1) is 12.7. The lowest BCUT2D eigenvalue weighted by Gasteiger charge is -2.09. The van der Waals surface area contributed by atoms with Crippen molar-refractivity contribution >= 4 is 22.1 Å². The summed E-state index contributed by atoms with van der Waals surface area (Å²) in [4.78, 5) is 27.2. The van der Waals surface area contributed by atoms with Crippen molar-refractivity contribution < 1.29 is 32.2 Å². The molecule has 0 radical (unpaired) electrons. The fraction of sp³-hybridized carbons (Fsp3) is 0.235. The lowest BCUT2D eigenvalue weighted by molar-refractivity contribution is 0.0716. The summed E-state index contributed by atoms with van der Waals surface area (Å²) >= 11 is 0. The number of pyridine rings is 1. The maximum absolute atomic E-state index is 12.3. The van der Waals surface area contributed by atoms with Crippen molar-refractivity contribution in [3.05, 3.63) is 48.2 Å². The Morgan fingerprint density at radius 3 is 2.26 bits per heavy atom. The van der Waals surface area contributed by atoms with Gasteiger partial charge in [-0.05, 0) is 44.2 Å². The Morgan fingerprint density at radius 1 is 1.07 bits per heavy atom. The van der Waals surface area contributed by atoms with Crippen LogP contribution in [0.4, 0.5) is 4.79 Å². The molecule has 0 saturated carbocycles. The number of methoxy groups -OCH3 is 1. The molecular formula is C17H18N2O7S. The summed E-state index contributed by atoms with van der Waals surface area (Å²) in [5.41, 5.74) is -0.0309. The molecule has 1 heterocycles. The smallest absolute Gasteiger partial charge is 0.497 e. The normalized spacial score (nSPS) is 11.0. The Bertz CT molecular complexity index is 907. The van der Waals surface area contributed by atoms with E-state index in [1.54, 1.807) is 13.8 Å². The SMILES string of the molecule is COc1ccc(S(=O)(=O)NC(=O)c2ccc(OC(=O)OC(C)C)nc2)cc1. The molecule has 1 N–H and O–H groups in total. The summed E-state index contributed by atoms with van der Waals surface area (Å²) in [5, 5.41) is 0. The molecular weight excluding hydrogens is 376 g/mol. The molecule has 0 bridgehead atoms. The molecule has 9 nitrogen and oxygen atoms in total. The van der Waals surface area contributed by atoms with E-state index in [1.807, 2.05) is 4.72 Å². The fourth-order valence-electron chi connectivity index (χ4n) is 1.87. The van der Waals surface area contributed by atoms with E-state index in [0.717, 1.165) is 6.20 Å². The number of hydrogen-bond acceptors (Lipinski definition) is 8. The van der Waals surface area contributed by atoms with Crippen LogP contribution in [-0.2, 0) is 14.8 Å². The van der Waals surface area contributed by atoms with Gasteiger partial charge in [0.25, 0.3) is 15.9 Å². The topological polar surface area (TPSA) is 121 Å². The maximum atomic E-state index is 12.3. The standard InChI is InChI=1S/C17H18N2O7S/c1-11(2)25-17(21)26-15-9-4-12(10-18-15)16(20)19-27(22,23)14-7-5-13(24-3)6-8-14/h4-11H,1-3H3,(H,19,20). The minimum Gasteiger partial charge on any atom is -0.497 e. The van der Waals surface area contributed by atoms with Gasteiger partial charge in [0.05, 0.1) is 23.7 Å². The number of benzene rings is 1. The van der Waals surface area contributed by atoms with Gasteiger partial charge in [0, 0.05) is 12.3 Å². The number of rotatable bonds is 6. The number of amides is 1. The molecule has 0 fully saturated rings. The number of sulfonamides is 1. The molecule has 0 aliphatic carbocycles. The predicted molar refractivity (Wildman–Crippen MR) is 94.1 cm³/mol. The molecule has 1 amide bonds. The van der Waals surface area contributed by atoms with Crippen molar-refractivity contribution in [2.24, 2.45) is 0 Å². The molecule has 1 aromatic carbocycles. The summed E-state index contributed by atoms with van der Waals surface area (Å²) < 4.78 is 41.0. The van der Waals surface area contributed by atoms with Crippen LogP contribution in [0, 0.1) is 0 Å². The summed E-state index contributed by atoms with van der Waals surface area (Å²) in [6.45, 7) is 3.32. The van der Waals surface area contributed by atoms with Gasteiger partial charge < -0.3 is 14.2 Å².